The number of nitriles is 1. The van der Waals surface area contributed by atoms with Crippen molar-refractivity contribution in [3.8, 4) is 6.07 Å². The highest BCUT2D eigenvalue weighted by Crippen LogP contribution is 2.37. The summed E-state index contributed by atoms with van der Waals surface area (Å²) >= 11 is 8.03. The lowest BCUT2D eigenvalue weighted by Crippen LogP contribution is -2.15. The smallest absolute Gasteiger partial charge is 0.0992 e. The molecule has 0 radical (unpaired) electrons. The molecule has 1 aromatic heterocycles. The lowest BCUT2D eigenvalue weighted by atomic mass is 9.94. The Morgan fingerprint density at radius 1 is 1.37 bits per heavy atom. The summed E-state index contributed by atoms with van der Waals surface area (Å²) in [5, 5.41) is 15.3. The lowest BCUT2D eigenvalue weighted by Gasteiger charge is -2.25. The topological polar surface area (TPSA) is 35.8 Å². The Bertz CT molecular complexity index is 642. The van der Waals surface area contributed by atoms with Crippen LogP contribution in [0.1, 0.15) is 34.9 Å². The standard InChI is InChI=1S/C15H13ClN2S/c16-12-5-4-10(9-17)8-14(12)18-13-2-1-3-15-11(13)6-7-19-15/h4-8,13,18H,1-3H2. The van der Waals surface area contributed by atoms with Crippen LogP contribution in [0.4, 0.5) is 5.69 Å². The number of nitrogens with zero attached hydrogens (tertiary/aromatic N) is 1. The van der Waals surface area contributed by atoms with Gasteiger partial charge in [-0.2, -0.15) is 5.26 Å². The van der Waals surface area contributed by atoms with E-state index in [2.05, 4.69) is 22.8 Å². The molecule has 0 saturated carbocycles. The van der Waals surface area contributed by atoms with Crippen LogP contribution in [-0.2, 0) is 6.42 Å². The van der Waals surface area contributed by atoms with Crippen molar-refractivity contribution in [3.63, 3.8) is 0 Å². The molecule has 19 heavy (non-hydrogen) atoms. The first-order chi connectivity index (χ1) is 9.28. The summed E-state index contributed by atoms with van der Waals surface area (Å²) in [6.07, 6.45) is 3.48. The van der Waals surface area contributed by atoms with Gasteiger partial charge in [-0.15, -0.1) is 11.3 Å². The Morgan fingerprint density at radius 2 is 2.26 bits per heavy atom. The molecule has 0 fully saturated rings. The van der Waals surface area contributed by atoms with Crippen molar-refractivity contribution in [1.82, 2.24) is 0 Å². The van der Waals surface area contributed by atoms with Crippen LogP contribution < -0.4 is 5.32 Å². The van der Waals surface area contributed by atoms with Crippen molar-refractivity contribution in [2.75, 3.05) is 5.32 Å². The Labute approximate surface area is 121 Å². The fraction of sp³-hybridized carbons (Fsp3) is 0.267. The third kappa shape index (κ3) is 2.47. The third-order valence-corrected chi connectivity index (χ3v) is 4.80. The number of fused-ring (bicyclic) bond motifs is 1. The van der Waals surface area contributed by atoms with Gasteiger partial charge < -0.3 is 5.32 Å². The first-order valence-electron chi connectivity index (χ1n) is 6.30. The van der Waals surface area contributed by atoms with Gasteiger partial charge in [0.05, 0.1) is 28.4 Å². The van der Waals surface area contributed by atoms with E-state index in [9.17, 15) is 0 Å². The molecule has 4 heteroatoms. The zero-order chi connectivity index (χ0) is 13.2. The summed E-state index contributed by atoms with van der Waals surface area (Å²) in [5.41, 5.74) is 2.87. The van der Waals surface area contributed by atoms with Crippen LogP contribution in [0.3, 0.4) is 0 Å². The second-order valence-electron chi connectivity index (χ2n) is 4.69. The average molecular weight is 289 g/mol. The number of aryl methyl sites for hydroxylation is 1. The van der Waals surface area contributed by atoms with E-state index in [0.717, 1.165) is 12.1 Å². The molecule has 0 amide bonds. The van der Waals surface area contributed by atoms with Gasteiger partial charge in [0.1, 0.15) is 0 Å². The van der Waals surface area contributed by atoms with Crippen LogP contribution >= 0.6 is 22.9 Å². The highest BCUT2D eigenvalue weighted by Gasteiger charge is 2.21. The molecule has 1 unspecified atom stereocenters. The SMILES string of the molecule is N#Cc1ccc(Cl)c(NC2CCCc3sccc32)c1. The van der Waals surface area contributed by atoms with Crippen molar-refractivity contribution < 1.29 is 0 Å². The predicted octanol–water partition coefficient (Wildman–Crippen LogP) is 4.76. The van der Waals surface area contributed by atoms with Crippen molar-refractivity contribution in [2.45, 2.75) is 25.3 Å². The van der Waals surface area contributed by atoms with Crippen molar-refractivity contribution in [3.05, 3.63) is 50.7 Å². The number of hydrogen-bond donors (Lipinski definition) is 1. The second-order valence-corrected chi connectivity index (χ2v) is 6.10. The van der Waals surface area contributed by atoms with E-state index in [-0.39, 0.29) is 0 Å². The molecule has 0 bridgehead atoms. The summed E-state index contributed by atoms with van der Waals surface area (Å²) in [7, 11) is 0. The molecule has 2 aromatic rings. The molecule has 96 valence electrons. The van der Waals surface area contributed by atoms with Gasteiger partial charge in [0.25, 0.3) is 0 Å². The minimum atomic E-state index is 0.307. The zero-order valence-electron chi connectivity index (χ0n) is 10.3. The van der Waals surface area contributed by atoms with Crippen LogP contribution in [-0.4, -0.2) is 0 Å². The molecule has 2 nitrogen and oxygen atoms in total. The first kappa shape index (κ1) is 12.5. The van der Waals surface area contributed by atoms with Crippen LogP contribution in [0.5, 0.6) is 0 Å². The Kier molecular flexibility index (Phi) is 3.46. The Morgan fingerprint density at radius 3 is 3.11 bits per heavy atom. The Balaban J connectivity index is 1.89. The second kappa shape index (κ2) is 5.24. The van der Waals surface area contributed by atoms with Gasteiger partial charge in [0, 0.05) is 4.88 Å². The quantitative estimate of drug-likeness (QED) is 0.864. The number of anilines is 1. The maximum atomic E-state index is 8.96. The van der Waals surface area contributed by atoms with Gasteiger partial charge >= 0.3 is 0 Å². The monoisotopic (exact) mass is 288 g/mol. The Hall–Kier alpha value is -1.50. The fourth-order valence-corrected chi connectivity index (χ4v) is 3.69. The number of hydrogen-bond acceptors (Lipinski definition) is 3. The largest absolute Gasteiger partial charge is 0.377 e. The van der Waals surface area contributed by atoms with E-state index in [1.165, 1.54) is 23.3 Å². The minimum Gasteiger partial charge on any atom is -0.377 e. The van der Waals surface area contributed by atoms with Gasteiger partial charge in [-0.25, -0.2) is 0 Å². The summed E-state index contributed by atoms with van der Waals surface area (Å²) < 4.78 is 0. The van der Waals surface area contributed by atoms with Crippen molar-refractivity contribution in [1.29, 1.82) is 5.26 Å². The van der Waals surface area contributed by atoms with Crippen molar-refractivity contribution >= 4 is 28.6 Å². The van der Waals surface area contributed by atoms with Gasteiger partial charge in [0.15, 0.2) is 0 Å². The molecule has 0 saturated heterocycles. The molecule has 1 atom stereocenters. The molecule has 1 aromatic carbocycles. The van der Waals surface area contributed by atoms with Crippen LogP contribution in [0.25, 0.3) is 0 Å². The molecule has 3 rings (SSSR count). The minimum absolute atomic E-state index is 0.307. The van der Waals surface area contributed by atoms with Gasteiger partial charge in [-0.05, 0) is 54.5 Å². The van der Waals surface area contributed by atoms with E-state index in [4.69, 9.17) is 16.9 Å². The molecule has 1 heterocycles. The number of halogens is 1. The van der Waals surface area contributed by atoms with Crippen molar-refractivity contribution in [2.24, 2.45) is 0 Å². The predicted molar refractivity (Wildman–Crippen MR) is 79.8 cm³/mol. The molecule has 1 N–H and O–H groups in total. The molecular formula is C15H13ClN2S. The molecule has 0 aliphatic heterocycles. The van der Waals surface area contributed by atoms with Crippen LogP contribution in [0, 0.1) is 11.3 Å². The highest BCUT2D eigenvalue weighted by molar-refractivity contribution is 7.10. The van der Waals surface area contributed by atoms with Crippen LogP contribution in [0.15, 0.2) is 29.6 Å². The van der Waals surface area contributed by atoms with Gasteiger partial charge in [-0.1, -0.05) is 11.6 Å². The fourth-order valence-electron chi connectivity index (χ4n) is 2.53. The number of benzene rings is 1. The maximum absolute atomic E-state index is 8.96. The van der Waals surface area contributed by atoms with Crippen LogP contribution in [0.2, 0.25) is 5.02 Å². The lowest BCUT2D eigenvalue weighted by molar-refractivity contribution is 0.609. The number of nitrogens with one attached hydrogen (secondary N) is 1. The molecule has 1 aliphatic rings. The van der Waals surface area contributed by atoms with Gasteiger partial charge in [-0.3, -0.25) is 0 Å². The molecule has 1 aliphatic carbocycles. The van der Waals surface area contributed by atoms with E-state index >= 15 is 0 Å². The highest BCUT2D eigenvalue weighted by atomic mass is 35.5. The summed E-state index contributed by atoms with van der Waals surface area (Å²) in [6, 6.07) is 9.99. The van der Waals surface area contributed by atoms with Gasteiger partial charge in [0.2, 0.25) is 0 Å². The average Bonchev–Trinajstić information content (AvgIpc) is 2.90. The molecule has 0 spiro atoms. The van der Waals surface area contributed by atoms with E-state index in [0.29, 0.717) is 16.6 Å². The zero-order valence-corrected chi connectivity index (χ0v) is 11.9. The van der Waals surface area contributed by atoms with E-state index < -0.39 is 0 Å². The first-order valence-corrected chi connectivity index (χ1v) is 7.56. The summed E-state index contributed by atoms with van der Waals surface area (Å²) in [4.78, 5) is 1.47. The third-order valence-electron chi connectivity index (χ3n) is 3.48. The van der Waals surface area contributed by atoms with E-state index in [1.807, 2.05) is 17.4 Å². The normalized spacial score (nSPS) is 17.6. The summed E-state index contributed by atoms with van der Waals surface area (Å²) in [6.45, 7) is 0. The maximum Gasteiger partial charge on any atom is 0.0992 e. The number of thiophene rings is 1. The van der Waals surface area contributed by atoms with E-state index in [1.54, 1.807) is 12.1 Å². The summed E-state index contributed by atoms with van der Waals surface area (Å²) in [5.74, 6) is 0. The number of rotatable bonds is 2. The molecular weight excluding hydrogens is 276 g/mol.